The maximum atomic E-state index is 13.7. The number of aliphatic hydroxyl groups is 4. The van der Waals surface area contributed by atoms with E-state index >= 15 is 0 Å². The van der Waals surface area contributed by atoms with Crippen molar-refractivity contribution in [2.75, 3.05) is 6.61 Å². The Kier molecular flexibility index (Phi) is 6.01. The summed E-state index contributed by atoms with van der Waals surface area (Å²) in [7, 11) is 0. The molecule has 15 nitrogen and oxygen atoms in total. The van der Waals surface area contributed by atoms with Crippen LogP contribution >= 0.6 is 0 Å². The number of rotatable bonds is 5. The van der Waals surface area contributed by atoms with Gasteiger partial charge in [-0.25, -0.2) is 0 Å². The van der Waals surface area contributed by atoms with E-state index in [0.29, 0.717) is 5.56 Å². The third kappa shape index (κ3) is 2.99. The molecule has 4 heterocycles. The summed E-state index contributed by atoms with van der Waals surface area (Å²) in [6.45, 7) is 7.64. The second-order valence-corrected chi connectivity index (χ2v) is 15.7. The van der Waals surface area contributed by atoms with Crippen molar-refractivity contribution in [3.05, 3.63) is 24.2 Å². The Balaban J connectivity index is 1.48. The molecule has 1 aromatic rings. The molecule has 15 atom stereocenters. The van der Waals surface area contributed by atoms with Gasteiger partial charge in [0, 0.05) is 55.9 Å². The molecule has 15 heteroatoms. The lowest BCUT2D eigenvalue weighted by molar-refractivity contribution is -0.450. The summed E-state index contributed by atoms with van der Waals surface area (Å²) in [6, 6.07) is 1.54. The van der Waals surface area contributed by atoms with E-state index in [1.54, 1.807) is 26.8 Å². The molecular formula is C33H40O15. The van der Waals surface area contributed by atoms with Crippen LogP contribution in [0.25, 0.3) is 0 Å². The van der Waals surface area contributed by atoms with Gasteiger partial charge in [0.15, 0.2) is 11.9 Å². The first-order chi connectivity index (χ1) is 22.3. The van der Waals surface area contributed by atoms with E-state index < -0.39 is 117 Å². The highest BCUT2D eigenvalue weighted by Crippen LogP contribution is 2.87. The van der Waals surface area contributed by atoms with Gasteiger partial charge in [0.25, 0.3) is 0 Å². The van der Waals surface area contributed by atoms with Crippen molar-refractivity contribution in [2.45, 2.75) is 120 Å². The molecule has 2 spiro atoms. The highest BCUT2D eigenvalue weighted by atomic mass is 16.8. The predicted octanol–water partition coefficient (Wildman–Crippen LogP) is 0.198. The molecule has 48 heavy (non-hydrogen) atoms. The van der Waals surface area contributed by atoms with Crippen molar-refractivity contribution in [2.24, 2.45) is 28.1 Å². The molecule has 3 saturated heterocycles. The number of ether oxygens (including phenoxy) is 6. The molecular weight excluding hydrogens is 636 g/mol. The van der Waals surface area contributed by atoms with Crippen LogP contribution < -0.4 is 0 Å². The van der Waals surface area contributed by atoms with E-state index in [4.69, 9.17) is 32.8 Å². The van der Waals surface area contributed by atoms with Gasteiger partial charge < -0.3 is 53.3 Å². The standard InChI is InChI=1S/C33H40O15/c1-14(34)44-23(17-7-8-42-11-17)28(6)19-10-27(5)47-25-31(19,48-27)33(41,22(39)21(28)38)29-13-43-20(37)9-18(29)26(4)12-30(29,40)32(25,46-16(3)36)24(26)45-15(2)35/h7-8,11,18-19,21-25,38-41H,9-10,12-13H2,1-6H3/t18-,19+,21-,22+,23-,24-,25-,26+,27-,28-,29+,30+,31+,32-,33-/m0/s1. The molecule has 0 aromatic carbocycles. The molecule has 0 amide bonds. The van der Waals surface area contributed by atoms with Crippen molar-refractivity contribution in [1.29, 1.82) is 0 Å². The van der Waals surface area contributed by atoms with Crippen LogP contribution in [0.3, 0.4) is 0 Å². The first kappa shape index (κ1) is 32.1. The number of hydrogen-bond donors (Lipinski definition) is 4. The Labute approximate surface area is 274 Å². The van der Waals surface area contributed by atoms with Gasteiger partial charge in [-0.1, -0.05) is 13.8 Å². The van der Waals surface area contributed by atoms with Gasteiger partial charge in [-0.15, -0.1) is 0 Å². The van der Waals surface area contributed by atoms with Crippen LogP contribution in [0.4, 0.5) is 0 Å². The summed E-state index contributed by atoms with van der Waals surface area (Å²) in [4.78, 5) is 51.7. The molecule has 4 N–H and O–H groups in total. The molecule has 4 aliphatic carbocycles. The van der Waals surface area contributed by atoms with Gasteiger partial charge in [0.2, 0.25) is 5.60 Å². The fraction of sp³-hybridized carbons (Fsp3) is 0.758. The van der Waals surface area contributed by atoms with Gasteiger partial charge in [-0.2, -0.15) is 0 Å². The fourth-order valence-corrected chi connectivity index (χ4v) is 12.4. The normalized spacial score (nSPS) is 54.2. The highest BCUT2D eigenvalue weighted by molar-refractivity contribution is 5.74. The van der Waals surface area contributed by atoms with Crippen LogP contribution in [-0.4, -0.2) is 104 Å². The van der Waals surface area contributed by atoms with E-state index in [1.165, 1.54) is 19.5 Å². The lowest BCUT2D eigenvalue weighted by Gasteiger charge is -2.77. The zero-order valence-electron chi connectivity index (χ0n) is 27.4. The Morgan fingerprint density at radius 1 is 1.00 bits per heavy atom. The van der Waals surface area contributed by atoms with Crippen molar-refractivity contribution in [3.8, 4) is 0 Å². The molecule has 3 aliphatic heterocycles. The van der Waals surface area contributed by atoms with E-state index in [1.807, 2.05) is 0 Å². The second-order valence-electron chi connectivity index (χ2n) is 15.7. The topological polar surface area (TPSA) is 218 Å². The van der Waals surface area contributed by atoms with Crippen molar-refractivity contribution >= 4 is 23.9 Å². The van der Waals surface area contributed by atoms with Gasteiger partial charge in [0.05, 0.1) is 24.0 Å². The average molecular weight is 677 g/mol. The van der Waals surface area contributed by atoms with Crippen molar-refractivity contribution in [1.82, 2.24) is 0 Å². The van der Waals surface area contributed by atoms with Crippen molar-refractivity contribution < 1.29 is 72.4 Å². The monoisotopic (exact) mass is 676 g/mol. The maximum absolute atomic E-state index is 13.7. The molecule has 0 radical (unpaired) electrons. The summed E-state index contributed by atoms with van der Waals surface area (Å²) in [5.74, 6) is -6.74. The molecule has 7 aliphatic rings. The molecule has 4 saturated carbocycles. The largest absolute Gasteiger partial charge is 0.472 e. The number of cyclic esters (lactones) is 1. The van der Waals surface area contributed by atoms with Gasteiger partial charge in [-0.05, 0) is 25.3 Å². The van der Waals surface area contributed by atoms with Crippen LogP contribution in [0.5, 0.6) is 0 Å². The minimum atomic E-state index is -2.66. The zero-order valence-corrected chi connectivity index (χ0v) is 27.4. The Bertz CT molecular complexity index is 1640. The van der Waals surface area contributed by atoms with E-state index in [0.717, 1.165) is 13.8 Å². The van der Waals surface area contributed by atoms with Gasteiger partial charge in [0.1, 0.15) is 41.7 Å². The molecule has 7 fully saturated rings. The predicted molar refractivity (Wildman–Crippen MR) is 153 cm³/mol. The minimum Gasteiger partial charge on any atom is -0.472 e. The van der Waals surface area contributed by atoms with Gasteiger partial charge in [-0.3, -0.25) is 19.2 Å². The second kappa shape index (κ2) is 8.98. The number of esters is 4. The van der Waals surface area contributed by atoms with Crippen LogP contribution in [0.1, 0.15) is 72.5 Å². The third-order valence-corrected chi connectivity index (χ3v) is 13.5. The van der Waals surface area contributed by atoms with Crippen LogP contribution in [0, 0.1) is 28.1 Å². The van der Waals surface area contributed by atoms with Crippen LogP contribution in [0.15, 0.2) is 23.0 Å². The summed E-state index contributed by atoms with van der Waals surface area (Å²) >= 11 is 0. The van der Waals surface area contributed by atoms with E-state index in [-0.39, 0.29) is 19.3 Å². The molecule has 8 rings (SSSR count). The molecule has 4 bridgehead atoms. The summed E-state index contributed by atoms with van der Waals surface area (Å²) < 4.78 is 42.6. The Hall–Kier alpha value is -3.08. The first-order valence-electron chi connectivity index (χ1n) is 16.2. The number of furan rings is 1. The Morgan fingerprint density at radius 2 is 1.71 bits per heavy atom. The molecule has 262 valence electrons. The van der Waals surface area contributed by atoms with Crippen molar-refractivity contribution in [3.63, 3.8) is 0 Å². The molecule has 0 unspecified atom stereocenters. The first-order valence-corrected chi connectivity index (χ1v) is 16.2. The number of carbonyl (C=O) groups excluding carboxylic acids is 4. The number of carbonyl (C=O) groups is 4. The summed E-state index contributed by atoms with van der Waals surface area (Å²) in [5, 5.41) is 52.0. The van der Waals surface area contributed by atoms with Crippen LogP contribution in [-0.2, 0) is 47.6 Å². The Morgan fingerprint density at radius 3 is 2.31 bits per heavy atom. The maximum Gasteiger partial charge on any atom is 0.306 e. The van der Waals surface area contributed by atoms with Crippen LogP contribution in [0.2, 0.25) is 0 Å². The summed E-state index contributed by atoms with van der Waals surface area (Å²) in [6.07, 6.45) is -6.35. The van der Waals surface area contributed by atoms with E-state index in [9.17, 15) is 39.6 Å². The smallest absolute Gasteiger partial charge is 0.306 e. The quantitative estimate of drug-likeness (QED) is 0.242. The number of hydrogen-bond acceptors (Lipinski definition) is 15. The highest BCUT2D eigenvalue weighted by Gasteiger charge is 3.04. The third-order valence-electron chi connectivity index (χ3n) is 13.5. The minimum absolute atomic E-state index is 0.0354. The summed E-state index contributed by atoms with van der Waals surface area (Å²) in [5.41, 5.74) is -14.2. The van der Waals surface area contributed by atoms with E-state index in [2.05, 4.69) is 0 Å². The lowest BCUT2D eigenvalue weighted by atomic mass is 9.32. The number of aliphatic hydroxyl groups excluding tert-OH is 2. The average Bonchev–Trinajstić information content (AvgIpc) is 3.77. The molecule has 1 aromatic heterocycles. The fourth-order valence-electron chi connectivity index (χ4n) is 12.4. The zero-order chi connectivity index (χ0) is 34.8. The number of fused-ring (bicyclic) bond motifs is 4. The lowest BCUT2D eigenvalue weighted by Crippen LogP contribution is -2.97. The SMILES string of the molecule is CC(=O)O[C@@H](c1ccoc1)[C@@]1(C)[C@H]2C[C@@]3(C)O[C@@H]4[C@@]5(OC(C)=O)[C@@H](OC(C)=O)[C@]6(C)C[C@@]5(O)[C@]5(COC(=O)C[C@@H]65)[C@@](O)([C@H](O)[C@@H]1O)[C@@]24O3. The van der Waals surface area contributed by atoms with Gasteiger partial charge >= 0.3 is 23.9 Å².